The summed E-state index contributed by atoms with van der Waals surface area (Å²) in [5.41, 5.74) is 1.23. The molecule has 0 heterocycles. The number of rotatable bonds is 5. The summed E-state index contributed by atoms with van der Waals surface area (Å²) in [7, 11) is 3.80. The molecule has 1 N–H and O–H groups in total. The number of nitrogens with one attached hydrogen (secondary N) is 1. The molecule has 0 aliphatic heterocycles. The van der Waals surface area contributed by atoms with Crippen LogP contribution in [0.5, 0.6) is 5.75 Å². The van der Waals surface area contributed by atoms with Crippen LogP contribution < -0.4 is 10.1 Å². The van der Waals surface area contributed by atoms with Gasteiger partial charge in [-0.1, -0.05) is 31.0 Å². The van der Waals surface area contributed by atoms with Gasteiger partial charge in [-0.05, 0) is 50.0 Å². The van der Waals surface area contributed by atoms with E-state index < -0.39 is 0 Å². The highest BCUT2D eigenvalue weighted by atomic mass is 32.1. The average Bonchev–Trinajstić information content (AvgIpc) is 2.99. The van der Waals surface area contributed by atoms with Gasteiger partial charge in [-0.3, -0.25) is 0 Å². The van der Waals surface area contributed by atoms with Gasteiger partial charge in [-0.2, -0.15) is 0 Å². The predicted molar refractivity (Wildman–Crippen MR) is 91.9 cm³/mol. The van der Waals surface area contributed by atoms with Gasteiger partial charge in [0, 0.05) is 19.1 Å². The van der Waals surface area contributed by atoms with Crippen LogP contribution in [0.25, 0.3) is 0 Å². The Morgan fingerprint density at radius 3 is 2.71 bits per heavy atom. The molecule has 1 saturated carbocycles. The number of para-hydroxylation sites is 1. The summed E-state index contributed by atoms with van der Waals surface area (Å²) in [6.45, 7) is 2.20. The van der Waals surface area contributed by atoms with Gasteiger partial charge in [0.25, 0.3) is 0 Å². The first kappa shape index (κ1) is 16.1. The third-order valence-corrected chi connectivity index (χ3v) is 4.78. The van der Waals surface area contributed by atoms with E-state index in [-0.39, 0.29) is 0 Å². The highest BCUT2D eigenvalue weighted by molar-refractivity contribution is 7.80. The van der Waals surface area contributed by atoms with E-state index in [1.807, 2.05) is 12.1 Å². The van der Waals surface area contributed by atoms with E-state index in [0.717, 1.165) is 17.3 Å². The summed E-state index contributed by atoms with van der Waals surface area (Å²) >= 11 is 5.55. The van der Waals surface area contributed by atoms with E-state index in [9.17, 15) is 0 Å². The summed E-state index contributed by atoms with van der Waals surface area (Å²) in [4.78, 5) is 2.17. The molecular weight excluding hydrogens is 280 g/mol. The van der Waals surface area contributed by atoms with E-state index >= 15 is 0 Å². The number of nitrogens with zero attached hydrogens (tertiary/aromatic N) is 1. The Kier molecular flexibility index (Phi) is 5.85. The number of likely N-dealkylation sites (N-methyl/N-ethyl adjacent to an activating group) is 1. The minimum Gasteiger partial charge on any atom is -0.496 e. The SMILES string of the molecule is COc1ccccc1CC(C)N(C)C(=S)NC1CCCC1. The first-order chi connectivity index (χ1) is 10.1. The number of thiocarbonyl (C=S) groups is 1. The average molecular weight is 306 g/mol. The van der Waals surface area contributed by atoms with Crippen LogP contribution in [0.2, 0.25) is 0 Å². The number of benzene rings is 1. The van der Waals surface area contributed by atoms with Crippen LogP contribution in [0, 0.1) is 0 Å². The van der Waals surface area contributed by atoms with Gasteiger partial charge in [-0.25, -0.2) is 0 Å². The van der Waals surface area contributed by atoms with Gasteiger partial charge in [0.15, 0.2) is 5.11 Å². The maximum atomic E-state index is 5.55. The molecule has 1 aromatic rings. The van der Waals surface area contributed by atoms with Gasteiger partial charge >= 0.3 is 0 Å². The first-order valence-corrected chi connectivity index (χ1v) is 8.18. The van der Waals surface area contributed by atoms with Crippen LogP contribution in [0.4, 0.5) is 0 Å². The molecule has 1 fully saturated rings. The molecular formula is C17H26N2OS. The van der Waals surface area contributed by atoms with Crippen molar-refractivity contribution in [2.24, 2.45) is 0 Å². The minimum atomic E-state index is 0.336. The van der Waals surface area contributed by atoms with Crippen LogP contribution >= 0.6 is 12.2 Å². The maximum Gasteiger partial charge on any atom is 0.169 e. The summed E-state index contributed by atoms with van der Waals surface area (Å²) in [6.07, 6.45) is 6.05. The van der Waals surface area contributed by atoms with Crippen molar-refractivity contribution in [3.63, 3.8) is 0 Å². The molecule has 0 bridgehead atoms. The third-order valence-electron chi connectivity index (χ3n) is 4.37. The van der Waals surface area contributed by atoms with E-state index in [1.54, 1.807) is 7.11 Å². The Labute approximate surface area is 133 Å². The molecule has 1 aliphatic carbocycles. The lowest BCUT2D eigenvalue weighted by Crippen LogP contribution is -2.46. The predicted octanol–water partition coefficient (Wildman–Crippen LogP) is 3.38. The minimum absolute atomic E-state index is 0.336. The standard InChI is InChI=1S/C17H26N2OS/c1-13(12-14-8-4-7-11-16(14)20-3)19(2)17(21)18-15-9-5-6-10-15/h4,7-8,11,13,15H,5-6,9-10,12H2,1-3H3,(H,18,21). The van der Waals surface area contributed by atoms with Gasteiger partial charge in [-0.15, -0.1) is 0 Å². The van der Waals surface area contributed by atoms with Crippen molar-refractivity contribution in [1.29, 1.82) is 0 Å². The third kappa shape index (κ3) is 4.34. The van der Waals surface area contributed by atoms with Crippen molar-refractivity contribution in [3.05, 3.63) is 29.8 Å². The molecule has 1 atom stereocenters. The summed E-state index contributed by atoms with van der Waals surface area (Å²) in [5.74, 6) is 0.951. The van der Waals surface area contributed by atoms with E-state index in [2.05, 4.69) is 36.3 Å². The molecule has 0 radical (unpaired) electrons. The second kappa shape index (κ2) is 7.64. The van der Waals surface area contributed by atoms with Gasteiger partial charge < -0.3 is 15.0 Å². The molecule has 116 valence electrons. The zero-order valence-electron chi connectivity index (χ0n) is 13.3. The fourth-order valence-electron chi connectivity index (χ4n) is 2.87. The van der Waals surface area contributed by atoms with E-state index in [1.165, 1.54) is 31.2 Å². The molecule has 4 heteroatoms. The van der Waals surface area contributed by atoms with E-state index in [0.29, 0.717) is 12.1 Å². The summed E-state index contributed by atoms with van der Waals surface area (Å²) in [6, 6.07) is 9.09. The fraction of sp³-hybridized carbons (Fsp3) is 0.588. The van der Waals surface area contributed by atoms with Crippen molar-refractivity contribution in [2.45, 2.75) is 51.1 Å². The van der Waals surface area contributed by atoms with E-state index in [4.69, 9.17) is 17.0 Å². The molecule has 1 aliphatic rings. The van der Waals surface area contributed by atoms with Gasteiger partial charge in [0.05, 0.1) is 7.11 Å². The highest BCUT2D eigenvalue weighted by Crippen LogP contribution is 2.21. The van der Waals surface area contributed by atoms with Crippen LogP contribution in [-0.2, 0) is 6.42 Å². The molecule has 1 aromatic carbocycles. The van der Waals surface area contributed by atoms with Crippen LogP contribution in [0.3, 0.4) is 0 Å². The molecule has 0 amide bonds. The Morgan fingerprint density at radius 1 is 1.38 bits per heavy atom. The molecule has 0 spiro atoms. The topological polar surface area (TPSA) is 24.5 Å². The first-order valence-electron chi connectivity index (χ1n) is 7.77. The summed E-state index contributed by atoms with van der Waals surface area (Å²) < 4.78 is 5.43. The number of ether oxygens (including phenoxy) is 1. The van der Waals surface area contributed by atoms with Crippen molar-refractivity contribution in [3.8, 4) is 5.75 Å². The lowest BCUT2D eigenvalue weighted by molar-refractivity contribution is 0.365. The normalized spacial score (nSPS) is 16.5. The van der Waals surface area contributed by atoms with Crippen LogP contribution in [0.1, 0.15) is 38.2 Å². The Morgan fingerprint density at radius 2 is 2.05 bits per heavy atom. The Hall–Kier alpha value is -1.29. The largest absolute Gasteiger partial charge is 0.496 e. The molecule has 0 aromatic heterocycles. The number of hydrogen-bond donors (Lipinski definition) is 1. The second-order valence-electron chi connectivity index (χ2n) is 5.91. The lowest BCUT2D eigenvalue weighted by Gasteiger charge is -2.30. The molecule has 21 heavy (non-hydrogen) atoms. The molecule has 0 saturated heterocycles. The highest BCUT2D eigenvalue weighted by Gasteiger charge is 2.20. The maximum absolute atomic E-state index is 5.55. The molecule has 2 rings (SSSR count). The monoisotopic (exact) mass is 306 g/mol. The Balaban J connectivity index is 1.92. The van der Waals surface area contributed by atoms with Crippen LogP contribution in [-0.4, -0.2) is 36.3 Å². The molecule has 1 unspecified atom stereocenters. The van der Waals surface area contributed by atoms with Crippen LogP contribution in [0.15, 0.2) is 24.3 Å². The molecule has 3 nitrogen and oxygen atoms in total. The zero-order chi connectivity index (χ0) is 15.2. The lowest BCUT2D eigenvalue weighted by atomic mass is 10.1. The van der Waals surface area contributed by atoms with Crippen molar-refractivity contribution < 1.29 is 4.74 Å². The second-order valence-corrected chi connectivity index (χ2v) is 6.29. The van der Waals surface area contributed by atoms with Crippen molar-refractivity contribution in [1.82, 2.24) is 10.2 Å². The number of hydrogen-bond acceptors (Lipinski definition) is 2. The quantitative estimate of drug-likeness (QED) is 0.843. The summed E-state index contributed by atoms with van der Waals surface area (Å²) in [5, 5.41) is 4.37. The van der Waals surface area contributed by atoms with Gasteiger partial charge in [0.1, 0.15) is 5.75 Å². The van der Waals surface area contributed by atoms with Crippen molar-refractivity contribution >= 4 is 17.3 Å². The number of methoxy groups -OCH3 is 1. The zero-order valence-corrected chi connectivity index (χ0v) is 14.1. The van der Waals surface area contributed by atoms with Crippen molar-refractivity contribution in [2.75, 3.05) is 14.2 Å². The Bertz CT molecular complexity index is 472. The fourth-order valence-corrected chi connectivity index (χ4v) is 3.22. The van der Waals surface area contributed by atoms with Gasteiger partial charge in [0.2, 0.25) is 0 Å². The smallest absolute Gasteiger partial charge is 0.169 e.